The fraction of sp³-hybridized carbons (Fsp3) is 0.208. The molecule has 0 spiro atoms. The van der Waals surface area contributed by atoms with Gasteiger partial charge in [-0.15, -0.1) is 0 Å². The molecule has 0 unspecified atom stereocenters. The molecule has 0 radical (unpaired) electrons. The Morgan fingerprint density at radius 1 is 1.09 bits per heavy atom. The summed E-state index contributed by atoms with van der Waals surface area (Å²) in [4.78, 5) is 31.3. The Bertz CT molecular complexity index is 1130. The van der Waals surface area contributed by atoms with Gasteiger partial charge >= 0.3 is 11.8 Å². The minimum atomic E-state index is -0.846. The van der Waals surface area contributed by atoms with Gasteiger partial charge in [0.1, 0.15) is 5.82 Å². The van der Waals surface area contributed by atoms with Crippen molar-refractivity contribution in [1.82, 2.24) is 15.2 Å². The number of amides is 2. The highest BCUT2D eigenvalue weighted by Crippen LogP contribution is 2.27. The van der Waals surface area contributed by atoms with E-state index in [1.807, 2.05) is 24.3 Å². The minimum Gasteiger partial charge on any atom is -0.346 e. The van der Waals surface area contributed by atoms with Gasteiger partial charge in [0.2, 0.25) is 0 Å². The van der Waals surface area contributed by atoms with Gasteiger partial charge in [-0.2, -0.15) is 0 Å². The molecule has 1 aromatic heterocycles. The predicted molar refractivity (Wildman–Crippen MR) is 121 cm³/mol. The van der Waals surface area contributed by atoms with Crippen molar-refractivity contribution < 1.29 is 14.0 Å². The lowest BCUT2D eigenvalue weighted by Crippen LogP contribution is -2.43. The molecule has 2 amide bonds. The minimum absolute atomic E-state index is 0.134. The molecular weight excluding hydrogens is 431 g/mol. The van der Waals surface area contributed by atoms with Crippen LogP contribution in [0, 0.1) is 5.82 Å². The number of carbonyl (C=O) groups is 2. The average molecular weight is 453 g/mol. The van der Waals surface area contributed by atoms with Crippen LogP contribution in [0.4, 0.5) is 10.1 Å². The Balaban J connectivity index is 1.44. The molecule has 0 saturated heterocycles. The lowest BCUT2D eigenvalue weighted by atomic mass is 9.97. The first-order valence-corrected chi connectivity index (χ1v) is 10.6. The summed E-state index contributed by atoms with van der Waals surface area (Å²) < 4.78 is 13.3. The molecule has 2 heterocycles. The van der Waals surface area contributed by atoms with Gasteiger partial charge in [0, 0.05) is 37.7 Å². The molecule has 1 atom stereocenters. The van der Waals surface area contributed by atoms with Crippen LogP contribution in [0.3, 0.4) is 0 Å². The summed E-state index contributed by atoms with van der Waals surface area (Å²) >= 11 is 5.73. The Hall–Kier alpha value is -3.29. The summed E-state index contributed by atoms with van der Waals surface area (Å²) in [5.74, 6) is -2.23. The molecule has 0 fully saturated rings. The van der Waals surface area contributed by atoms with Crippen LogP contribution in [-0.2, 0) is 22.6 Å². The number of nitrogens with one attached hydrogen (secondary N) is 2. The fourth-order valence-electron chi connectivity index (χ4n) is 3.85. The fourth-order valence-corrected chi connectivity index (χ4v) is 4.03. The number of nitrogens with zero attached hydrogens (tertiary/aromatic N) is 2. The van der Waals surface area contributed by atoms with Crippen molar-refractivity contribution in [2.45, 2.75) is 19.0 Å². The second-order valence-corrected chi connectivity index (χ2v) is 7.99. The van der Waals surface area contributed by atoms with Crippen LogP contribution in [0.2, 0.25) is 5.02 Å². The first-order chi connectivity index (χ1) is 15.5. The Morgan fingerprint density at radius 2 is 1.91 bits per heavy atom. The number of carbonyl (C=O) groups excluding carboxylic acids is 2. The van der Waals surface area contributed by atoms with E-state index < -0.39 is 17.6 Å². The number of fused-ring (bicyclic) bond motifs is 1. The van der Waals surface area contributed by atoms with E-state index in [4.69, 9.17) is 11.6 Å². The predicted octanol–water partition coefficient (Wildman–Crippen LogP) is 3.73. The summed E-state index contributed by atoms with van der Waals surface area (Å²) in [5, 5.41) is 5.02. The van der Waals surface area contributed by atoms with Gasteiger partial charge in [-0.1, -0.05) is 41.9 Å². The molecule has 0 bridgehead atoms. The van der Waals surface area contributed by atoms with E-state index >= 15 is 0 Å². The number of halogens is 2. The molecule has 4 rings (SSSR count). The maximum atomic E-state index is 13.3. The molecule has 32 heavy (non-hydrogen) atoms. The zero-order valence-corrected chi connectivity index (χ0v) is 18.0. The third-order valence-electron chi connectivity index (χ3n) is 5.51. The number of hydrogen-bond donors (Lipinski definition) is 2. The van der Waals surface area contributed by atoms with E-state index in [1.54, 1.807) is 12.4 Å². The van der Waals surface area contributed by atoms with E-state index in [0.29, 0.717) is 0 Å². The summed E-state index contributed by atoms with van der Waals surface area (Å²) in [6.45, 7) is 1.81. The van der Waals surface area contributed by atoms with Gasteiger partial charge < -0.3 is 10.6 Å². The van der Waals surface area contributed by atoms with Crippen molar-refractivity contribution in [3.05, 3.63) is 94.5 Å². The van der Waals surface area contributed by atoms with E-state index in [1.165, 1.54) is 23.3 Å². The highest BCUT2D eigenvalue weighted by molar-refractivity contribution is 6.39. The maximum absolute atomic E-state index is 13.3. The van der Waals surface area contributed by atoms with Crippen LogP contribution >= 0.6 is 11.6 Å². The van der Waals surface area contributed by atoms with Crippen molar-refractivity contribution >= 4 is 29.1 Å². The largest absolute Gasteiger partial charge is 0.346 e. The molecule has 0 saturated carbocycles. The van der Waals surface area contributed by atoms with E-state index in [0.717, 1.165) is 31.1 Å². The van der Waals surface area contributed by atoms with Crippen molar-refractivity contribution in [2.75, 3.05) is 18.4 Å². The smallest absolute Gasteiger partial charge is 0.313 e. The summed E-state index contributed by atoms with van der Waals surface area (Å²) in [6.07, 6.45) is 4.39. The highest BCUT2D eigenvalue weighted by atomic mass is 35.5. The number of aromatic nitrogens is 1. The van der Waals surface area contributed by atoms with E-state index in [9.17, 15) is 14.0 Å². The molecular formula is C24H22ClFN4O2. The summed E-state index contributed by atoms with van der Waals surface area (Å²) in [6, 6.07) is 15.7. The SMILES string of the molecule is O=C(NC[C@@H](c1cccnc1)N1CCc2ccccc2C1)C(=O)Nc1ccc(F)c(Cl)c1. The number of hydrogen-bond acceptors (Lipinski definition) is 4. The Kier molecular flexibility index (Phi) is 6.78. The lowest BCUT2D eigenvalue weighted by molar-refractivity contribution is -0.136. The lowest BCUT2D eigenvalue weighted by Gasteiger charge is -2.35. The van der Waals surface area contributed by atoms with Crippen molar-refractivity contribution in [3.63, 3.8) is 0 Å². The van der Waals surface area contributed by atoms with Crippen LogP contribution in [0.25, 0.3) is 0 Å². The third kappa shape index (κ3) is 5.12. The Morgan fingerprint density at radius 3 is 2.66 bits per heavy atom. The third-order valence-corrected chi connectivity index (χ3v) is 5.80. The molecule has 1 aliphatic heterocycles. The van der Waals surface area contributed by atoms with Crippen molar-refractivity contribution in [1.29, 1.82) is 0 Å². The Labute approximate surface area is 190 Å². The first-order valence-electron chi connectivity index (χ1n) is 10.3. The molecule has 2 aromatic carbocycles. The second-order valence-electron chi connectivity index (χ2n) is 7.58. The molecule has 2 N–H and O–H groups in total. The first kappa shape index (κ1) is 21.9. The van der Waals surface area contributed by atoms with Crippen molar-refractivity contribution in [2.24, 2.45) is 0 Å². The van der Waals surface area contributed by atoms with Crippen LogP contribution in [0.1, 0.15) is 22.7 Å². The van der Waals surface area contributed by atoms with Gasteiger partial charge in [-0.3, -0.25) is 19.5 Å². The summed E-state index contributed by atoms with van der Waals surface area (Å²) in [5.41, 5.74) is 3.78. The van der Waals surface area contributed by atoms with Gasteiger partial charge in [0.15, 0.2) is 0 Å². The van der Waals surface area contributed by atoms with Gasteiger partial charge in [0.25, 0.3) is 0 Å². The zero-order valence-electron chi connectivity index (χ0n) is 17.2. The maximum Gasteiger partial charge on any atom is 0.313 e. The monoisotopic (exact) mass is 452 g/mol. The van der Waals surface area contributed by atoms with Gasteiger partial charge in [0.05, 0.1) is 11.1 Å². The van der Waals surface area contributed by atoms with E-state index in [-0.39, 0.29) is 23.3 Å². The molecule has 8 heteroatoms. The molecule has 1 aliphatic rings. The molecule has 6 nitrogen and oxygen atoms in total. The highest BCUT2D eigenvalue weighted by Gasteiger charge is 2.26. The number of benzene rings is 2. The molecule has 164 valence electrons. The molecule has 3 aromatic rings. The summed E-state index contributed by atoms with van der Waals surface area (Å²) in [7, 11) is 0. The standard InChI is InChI=1S/C24H22ClFN4O2/c25-20-12-19(7-8-21(20)26)29-24(32)23(31)28-14-22(17-6-3-10-27-13-17)30-11-9-16-4-1-2-5-18(16)15-30/h1-8,10,12-13,22H,9,11,14-15H2,(H,28,31)(H,29,32)/t22-/m0/s1. The quantitative estimate of drug-likeness (QED) is 0.578. The van der Waals surface area contributed by atoms with Crippen LogP contribution in [-0.4, -0.2) is 34.8 Å². The average Bonchev–Trinajstić information content (AvgIpc) is 2.82. The van der Waals surface area contributed by atoms with Crippen molar-refractivity contribution in [3.8, 4) is 0 Å². The normalized spacial score (nSPS) is 14.3. The van der Waals surface area contributed by atoms with Crippen LogP contribution < -0.4 is 10.6 Å². The second kappa shape index (κ2) is 9.89. The van der Waals surface area contributed by atoms with E-state index in [2.05, 4.69) is 32.7 Å². The van der Waals surface area contributed by atoms with Gasteiger partial charge in [-0.05, 0) is 47.4 Å². The topological polar surface area (TPSA) is 74.3 Å². The van der Waals surface area contributed by atoms with Crippen LogP contribution in [0.15, 0.2) is 67.0 Å². The zero-order chi connectivity index (χ0) is 22.5. The van der Waals surface area contributed by atoms with Crippen LogP contribution in [0.5, 0.6) is 0 Å². The number of pyridine rings is 1. The molecule has 0 aliphatic carbocycles. The number of anilines is 1. The number of rotatable bonds is 5. The van der Waals surface area contributed by atoms with Gasteiger partial charge in [-0.25, -0.2) is 4.39 Å².